The summed E-state index contributed by atoms with van der Waals surface area (Å²) < 4.78 is 0. The van der Waals surface area contributed by atoms with Crippen LogP contribution >= 0.6 is 0 Å². The van der Waals surface area contributed by atoms with Gasteiger partial charge >= 0.3 is 0 Å². The molecule has 3 heteroatoms. The molecule has 0 aliphatic heterocycles. The minimum Gasteiger partial charge on any atom is -0.396 e. The van der Waals surface area contributed by atoms with Crippen LogP contribution in [0.25, 0.3) is 0 Å². The molecule has 0 saturated carbocycles. The van der Waals surface area contributed by atoms with Crippen LogP contribution in [0.1, 0.15) is 148 Å². The van der Waals surface area contributed by atoms with E-state index in [0.717, 1.165) is 32.5 Å². The molecule has 0 unspecified atom stereocenters. The van der Waals surface area contributed by atoms with Crippen LogP contribution in [0.4, 0.5) is 0 Å². The summed E-state index contributed by atoms with van der Waals surface area (Å²) in [5.41, 5.74) is 0. The first-order chi connectivity index (χ1) is 15.3. The fourth-order valence-electron chi connectivity index (χ4n) is 4.51. The van der Waals surface area contributed by atoms with E-state index in [1.165, 1.54) is 128 Å². The van der Waals surface area contributed by atoms with Gasteiger partial charge in [0.25, 0.3) is 0 Å². The molecule has 0 aromatic heterocycles. The number of unbranched alkanes of at least 4 members (excludes halogenated alkanes) is 19. The number of aliphatic hydroxyl groups is 2. The predicted molar refractivity (Wildman–Crippen MR) is 138 cm³/mol. The fourth-order valence-corrected chi connectivity index (χ4v) is 4.51. The van der Waals surface area contributed by atoms with Gasteiger partial charge in [0, 0.05) is 26.3 Å². The standard InChI is InChI=1S/C28H59NO2/c1-2-3-4-5-6-7-8-9-10-11-12-13-14-15-16-17-18-19-20-21-24-29(25-22-27-30)26-23-28-31/h30-31H,2-28H2,1H3. The summed E-state index contributed by atoms with van der Waals surface area (Å²) in [6, 6.07) is 0. The zero-order chi connectivity index (χ0) is 22.7. The lowest BCUT2D eigenvalue weighted by Gasteiger charge is -2.21. The largest absolute Gasteiger partial charge is 0.396 e. The monoisotopic (exact) mass is 441 g/mol. The molecule has 0 aromatic carbocycles. The lowest BCUT2D eigenvalue weighted by atomic mass is 10.0. The van der Waals surface area contributed by atoms with Gasteiger partial charge in [-0.05, 0) is 25.8 Å². The van der Waals surface area contributed by atoms with Crippen molar-refractivity contribution in [3.8, 4) is 0 Å². The van der Waals surface area contributed by atoms with Crippen LogP contribution in [0.2, 0.25) is 0 Å². The number of hydrogen-bond acceptors (Lipinski definition) is 3. The van der Waals surface area contributed by atoms with Crippen molar-refractivity contribution < 1.29 is 10.2 Å². The second-order valence-corrected chi connectivity index (χ2v) is 9.71. The highest BCUT2D eigenvalue weighted by Gasteiger charge is 2.03. The molecule has 3 nitrogen and oxygen atoms in total. The molecule has 0 saturated heterocycles. The Bertz CT molecular complexity index is 303. The third-order valence-corrected chi connectivity index (χ3v) is 6.59. The molecule has 0 rings (SSSR count). The number of hydrogen-bond donors (Lipinski definition) is 2. The molecular weight excluding hydrogens is 382 g/mol. The molecular formula is C28H59NO2. The van der Waals surface area contributed by atoms with Crippen LogP contribution in [0.5, 0.6) is 0 Å². The number of rotatable bonds is 27. The van der Waals surface area contributed by atoms with Gasteiger partial charge in [-0.1, -0.05) is 129 Å². The van der Waals surface area contributed by atoms with E-state index in [0.29, 0.717) is 0 Å². The first kappa shape index (κ1) is 30.9. The lowest BCUT2D eigenvalue weighted by molar-refractivity contribution is 0.199. The van der Waals surface area contributed by atoms with E-state index in [9.17, 15) is 0 Å². The zero-order valence-electron chi connectivity index (χ0n) is 21.4. The summed E-state index contributed by atoms with van der Waals surface area (Å²) in [6.45, 7) is 5.90. The first-order valence-electron chi connectivity index (χ1n) is 14.3. The smallest absolute Gasteiger partial charge is 0.0443 e. The quantitative estimate of drug-likeness (QED) is 0.127. The van der Waals surface area contributed by atoms with Gasteiger partial charge in [0.15, 0.2) is 0 Å². The Hall–Kier alpha value is -0.120. The second kappa shape index (κ2) is 27.9. The molecule has 2 N–H and O–H groups in total. The highest BCUT2D eigenvalue weighted by molar-refractivity contribution is 4.59. The maximum atomic E-state index is 9.01. The van der Waals surface area contributed by atoms with E-state index < -0.39 is 0 Å². The van der Waals surface area contributed by atoms with Gasteiger partial charge in [-0.15, -0.1) is 0 Å². The van der Waals surface area contributed by atoms with E-state index >= 15 is 0 Å². The molecule has 0 aliphatic rings. The van der Waals surface area contributed by atoms with Crippen molar-refractivity contribution in [3.05, 3.63) is 0 Å². The summed E-state index contributed by atoms with van der Waals surface area (Å²) in [6.07, 6.45) is 30.2. The molecule has 0 atom stereocenters. The van der Waals surface area contributed by atoms with Gasteiger partial charge in [0.05, 0.1) is 0 Å². The maximum absolute atomic E-state index is 9.01. The summed E-state index contributed by atoms with van der Waals surface area (Å²) in [4.78, 5) is 2.40. The Labute approximate surface area is 196 Å². The van der Waals surface area contributed by atoms with Crippen LogP contribution in [-0.2, 0) is 0 Å². The van der Waals surface area contributed by atoms with E-state index in [1.807, 2.05) is 0 Å². The Morgan fingerprint density at radius 2 is 0.613 bits per heavy atom. The van der Waals surface area contributed by atoms with Gasteiger partial charge in [-0.25, -0.2) is 0 Å². The van der Waals surface area contributed by atoms with Crippen LogP contribution in [-0.4, -0.2) is 48.0 Å². The van der Waals surface area contributed by atoms with E-state index in [2.05, 4.69) is 11.8 Å². The fraction of sp³-hybridized carbons (Fsp3) is 1.00. The minimum atomic E-state index is 0.273. The molecule has 0 aromatic rings. The van der Waals surface area contributed by atoms with Gasteiger partial charge in [-0.3, -0.25) is 0 Å². The van der Waals surface area contributed by atoms with E-state index in [1.54, 1.807) is 0 Å². The zero-order valence-corrected chi connectivity index (χ0v) is 21.4. The molecule has 0 bridgehead atoms. The Balaban J connectivity index is 3.20. The molecule has 0 heterocycles. The van der Waals surface area contributed by atoms with Gasteiger partial charge in [0.1, 0.15) is 0 Å². The topological polar surface area (TPSA) is 43.7 Å². The van der Waals surface area contributed by atoms with Crippen molar-refractivity contribution >= 4 is 0 Å². The Morgan fingerprint density at radius 3 is 0.903 bits per heavy atom. The number of aliphatic hydroxyl groups excluding tert-OH is 2. The molecule has 0 spiro atoms. The third kappa shape index (κ3) is 26.0. The van der Waals surface area contributed by atoms with Crippen molar-refractivity contribution in [2.75, 3.05) is 32.8 Å². The van der Waals surface area contributed by atoms with Crippen molar-refractivity contribution in [2.24, 2.45) is 0 Å². The van der Waals surface area contributed by atoms with Crippen LogP contribution < -0.4 is 0 Å². The van der Waals surface area contributed by atoms with Crippen molar-refractivity contribution in [2.45, 2.75) is 148 Å². The third-order valence-electron chi connectivity index (χ3n) is 6.59. The van der Waals surface area contributed by atoms with Gasteiger partial charge in [0.2, 0.25) is 0 Å². The SMILES string of the molecule is CCCCCCCCCCCCCCCCCCCCCCN(CCCO)CCCO. The van der Waals surface area contributed by atoms with E-state index in [4.69, 9.17) is 10.2 Å². The van der Waals surface area contributed by atoms with Crippen LogP contribution in [0.15, 0.2) is 0 Å². The average molecular weight is 442 g/mol. The highest BCUT2D eigenvalue weighted by atomic mass is 16.3. The van der Waals surface area contributed by atoms with Crippen LogP contribution in [0, 0.1) is 0 Å². The highest BCUT2D eigenvalue weighted by Crippen LogP contribution is 2.15. The minimum absolute atomic E-state index is 0.273. The molecule has 0 aliphatic carbocycles. The predicted octanol–water partition coefficient (Wildman–Crippen LogP) is 7.88. The maximum Gasteiger partial charge on any atom is 0.0443 e. The number of nitrogens with zero attached hydrogens (tertiary/aromatic N) is 1. The Morgan fingerprint density at radius 1 is 0.355 bits per heavy atom. The summed E-state index contributed by atoms with van der Waals surface area (Å²) in [5, 5.41) is 18.0. The summed E-state index contributed by atoms with van der Waals surface area (Å²) >= 11 is 0. The Kier molecular flexibility index (Phi) is 27.8. The second-order valence-electron chi connectivity index (χ2n) is 9.71. The normalized spacial score (nSPS) is 11.6. The van der Waals surface area contributed by atoms with Gasteiger partial charge in [-0.2, -0.15) is 0 Å². The molecule has 0 fully saturated rings. The van der Waals surface area contributed by atoms with Crippen molar-refractivity contribution in [1.29, 1.82) is 0 Å². The van der Waals surface area contributed by atoms with E-state index in [-0.39, 0.29) is 13.2 Å². The van der Waals surface area contributed by atoms with Crippen molar-refractivity contribution in [3.63, 3.8) is 0 Å². The average Bonchev–Trinajstić information content (AvgIpc) is 2.79. The summed E-state index contributed by atoms with van der Waals surface area (Å²) in [5.74, 6) is 0. The summed E-state index contributed by atoms with van der Waals surface area (Å²) in [7, 11) is 0. The van der Waals surface area contributed by atoms with Crippen LogP contribution in [0.3, 0.4) is 0 Å². The first-order valence-corrected chi connectivity index (χ1v) is 14.3. The van der Waals surface area contributed by atoms with Gasteiger partial charge < -0.3 is 15.1 Å². The van der Waals surface area contributed by atoms with Crippen molar-refractivity contribution in [1.82, 2.24) is 4.90 Å². The molecule has 31 heavy (non-hydrogen) atoms. The lowest BCUT2D eigenvalue weighted by Crippen LogP contribution is -2.28. The molecule has 0 amide bonds. The molecule has 188 valence electrons. The molecule has 0 radical (unpaired) electrons.